The van der Waals surface area contributed by atoms with Crippen molar-refractivity contribution in [3.05, 3.63) is 23.8 Å². The molecule has 19 heavy (non-hydrogen) atoms. The average Bonchev–Trinajstić information content (AvgIpc) is 2.83. The van der Waals surface area contributed by atoms with Crippen LogP contribution in [0.1, 0.15) is 30.1 Å². The number of aromatic hydroxyl groups is 1. The molecule has 4 nitrogen and oxygen atoms in total. The van der Waals surface area contributed by atoms with Gasteiger partial charge in [0.1, 0.15) is 0 Å². The number of carbonyl (C=O) groups excluding carboxylic acids is 1. The lowest BCUT2D eigenvalue weighted by atomic mass is 10.1. The summed E-state index contributed by atoms with van der Waals surface area (Å²) >= 11 is 1.91. The maximum Gasteiger partial charge on any atom is 0.251 e. The van der Waals surface area contributed by atoms with E-state index in [2.05, 4.69) is 12.2 Å². The molecule has 1 aliphatic rings. The number of hydrogen-bond donors (Lipinski definition) is 2. The summed E-state index contributed by atoms with van der Waals surface area (Å²) in [6.07, 6.45) is 2.34. The molecule has 1 unspecified atom stereocenters. The van der Waals surface area contributed by atoms with Crippen molar-refractivity contribution in [2.75, 3.05) is 19.4 Å². The minimum Gasteiger partial charge on any atom is -0.504 e. The molecular weight excluding hydrogens is 262 g/mol. The number of phenols is 1. The Morgan fingerprint density at radius 1 is 1.58 bits per heavy atom. The molecular formula is C14H19NO3S. The third kappa shape index (κ3) is 3.35. The van der Waals surface area contributed by atoms with Gasteiger partial charge in [0.25, 0.3) is 5.91 Å². The van der Waals surface area contributed by atoms with E-state index >= 15 is 0 Å². The average molecular weight is 281 g/mol. The van der Waals surface area contributed by atoms with Gasteiger partial charge in [-0.15, -0.1) is 0 Å². The highest BCUT2D eigenvalue weighted by Gasteiger charge is 2.29. The molecule has 2 rings (SSSR count). The summed E-state index contributed by atoms with van der Waals surface area (Å²) in [5, 5.41) is 12.6. The number of amides is 1. The van der Waals surface area contributed by atoms with Crippen LogP contribution in [-0.4, -0.2) is 35.2 Å². The van der Waals surface area contributed by atoms with Crippen LogP contribution in [0.15, 0.2) is 18.2 Å². The number of rotatable bonds is 4. The van der Waals surface area contributed by atoms with Crippen LogP contribution in [0.2, 0.25) is 0 Å². The number of methoxy groups -OCH3 is 1. The molecule has 0 aliphatic carbocycles. The van der Waals surface area contributed by atoms with Crippen LogP contribution in [0.3, 0.4) is 0 Å². The molecule has 1 aromatic carbocycles. The maximum absolute atomic E-state index is 12.0. The molecule has 0 saturated carbocycles. The molecule has 0 spiro atoms. The van der Waals surface area contributed by atoms with Crippen LogP contribution in [-0.2, 0) is 0 Å². The second kappa shape index (κ2) is 5.74. The molecule has 1 fully saturated rings. The molecule has 1 heterocycles. The zero-order valence-corrected chi connectivity index (χ0v) is 12.0. The zero-order valence-electron chi connectivity index (χ0n) is 11.2. The van der Waals surface area contributed by atoms with Crippen LogP contribution < -0.4 is 10.1 Å². The van der Waals surface area contributed by atoms with E-state index in [4.69, 9.17) is 4.74 Å². The Kier molecular flexibility index (Phi) is 4.24. The van der Waals surface area contributed by atoms with Crippen molar-refractivity contribution in [3.8, 4) is 11.5 Å². The SMILES string of the molecule is COc1ccc(C(=O)NCC2(C)CCCS2)cc1O. The van der Waals surface area contributed by atoms with Gasteiger partial charge in [0.2, 0.25) is 0 Å². The molecule has 0 radical (unpaired) electrons. The first-order valence-electron chi connectivity index (χ1n) is 6.33. The van der Waals surface area contributed by atoms with E-state index in [1.807, 2.05) is 11.8 Å². The molecule has 0 aromatic heterocycles. The van der Waals surface area contributed by atoms with Gasteiger partial charge in [-0.2, -0.15) is 11.8 Å². The highest BCUT2D eigenvalue weighted by molar-refractivity contribution is 8.00. The maximum atomic E-state index is 12.0. The van der Waals surface area contributed by atoms with Crippen LogP contribution >= 0.6 is 11.8 Å². The largest absolute Gasteiger partial charge is 0.504 e. The van der Waals surface area contributed by atoms with Gasteiger partial charge in [0.05, 0.1) is 7.11 Å². The first-order chi connectivity index (χ1) is 9.04. The summed E-state index contributed by atoms with van der Waals surface area (Å²) < 4.78 is 5.09. The number of phenolic OH excluding ortho intramolecular Hbond substituents is 1. The Morgan fingerprint density at radius 2 is 2.37 bits per heavy atom. The number of benzene rings is 1. The highest BCUT2D eigenvalue weighted by atomic mass is 32.2. The summed E-state index contributed by atoms with van der Waals surface area (Å²) in [5.41, 5.74) is 0.449. The van der Waals surface area contributed by atoms with Gasteiger partial charge in [-0.1, -0.05) is 0 Å². The van der Waals surface area contributed by atoms with Crippen molar-refractivity contribution >= 4 is 17.7 Å². The topological polar surface area (TPSA) is 58.6 Å². The van der Waals surface area contributed by atoms with E-state index in [-0.39, 0.29) is 16.4 Å². The third-order valence-electron chi connectivity index (χ3n) is 3.36. The van der Waals surface area contributed by atoms with Crippen LogP contribution in [0, 0.1) is 0 Å². The van der Waals surface area contributed by atoms with E-state index < -0.39 is 0 Å². The van der Waals surface area contributed by atoms with Gasteiger partial charge in [-0.3, -0.25) is 4.79 Å². The Labute approximate surface area is 117 Å². The van der Waals surface area contributed by atoms with Crippen molar-refractivity contribution < 1.29 is 14.6 Å². The molecule has 5 heteroatoms. The lowest BCUT2D eigenvalue weighted by Gasteiger charge is -2.22. The minimum absolute atomic E-state index is 0.0170. The van der Waals surface area contributed by atoms with Gasteiger partial charge in [-0.05, 0) is 43.7 Å². The number of hydrogen-bond acceptors (Lipinski definition) is 4. The first-order valence-corrected chi connectivity index (χ1v) is 7.32. The fourth-order valence-electron chi connectivity index (χ4n) is 2.18. The van der Waals surface area contributed by atoms with E-state index in [0.29, 0.717) is 17.9 Å². The molecule has 1 amide bonds. The molecule has 0 bridgehead atoms. The number of nitrogens with one attached hydrogen (secondary N) is 1. The number of ether oxygens (including phenoxy) is 1. The van der Waals surface area contributed by atoms with Crippen LogP contribution in [0.4, 0.5) is 0 Å². The molecule has 1 saturated heterocycles. The molecule has 1 aliphatic heterocycles. The normalized spacial score (nSPS) is 22.2. The van der Waals surface area contributed by atoms with Crippen LogP contribution in [0.25, 0.3) is 0 Å². The summed E-state index contributed by atoms with van der Waals surface area (Å²) in [7, 11) is 1.48. The zero-order chi connectivity index (χ0) is 13.9. The van der Waals surface area contributed by atoms with Gasteiger partial charge in [0.15, 0.2) is 11.5 Å². The Balaban J connectivity index is 1.98. The van der Waals surface area contributed by atoms with Gasteiger partial charge < -0.3 is 15.2 Å². The minimum atomic E-state index is -0.160. The van der Waals surface area contributed by atoms with Crippen molar-refractivity contribution in [1.82, 2.24) is 5.32 Å². The smallest absolute Gasteiger partial charge is 0.251 e. The summed E-state index contributed by atoms with van der Waals surface area (Å²) in [5.74, 6) is 1.36. The lowest BCUT2D eigenvalue weighted by Crippen LogP contribution is -2.36. The van der Waals surface area contributed by atoms with Gasteiger partial charge in [-0.25, -0.2) is 0 Å². The number of thioether (sulfide) groups is 1. The monoisotopic (exact) mass is 281 g/mol. The van der Waals surface area contributed by atoms with E-state index in [9.17, 15) is 9.90 Å². The molecule has 1 aromatic rings. The van der Waals surface area contributed by atoms with Crippen molar-refractivity contribution in [2.45, 2.75) is 24.5 Å². The summed E-state index contributed by atoms with van der Waals surface area (Å²) in [6.45, 7) is 2.83. The third-order valence-corrected chi connectivity index (χ3v) is 4.90. The Morgan fingerprint density at radius 3 is 2.95 bits per heavy atom. The number of carbonyl (C=O) groups is 1. The fourth-order valence-corrected chi connectivity index (χ4v) is 3.42. The van der Waals surface area contributed by atoms with E-state index in [1.54, 1.807) is 12.1 Å². The Bertz CT molecular complexity index is 470. The predicted octanol–water partition coefficient (Wildman–Crippen LogP) is 2.42. The van der Waals surface area contributed by atoms with Crippen molar-refractivity contribution in [2.24, 2.45) is 0 Å². The summed E-state index contributed by atoms with van der Waals surface area (Å²) in [6, 6.07) is 4.67. The van der Waals surface area contributed by atoms with E-state index in [0.717, 1.165) is 12.2 Å². The first kappa shape index (κ1) is 14.1. The second-order valence-corrected chi connectivity index (χ2v) is 6.65. The molecule has 1 atom stereocenters. The van der Waals surface area contributed by atoms with E-state index in [1.165, 1.54) is 19.6 Å². The lowest BCUT2D eigenvalue weighted by molar-refractivity contribution is 0.0949. The van der Waals surface area contributed by atoms with Crippen LogP contribution in [0.5, 0.6) is 11.5 Å². The van der Waals surface area contributed by atoms with Gasteiger partial charge >= 0.3 is 0 Å². The van der Waals surface area contributed by atoms with Gasteiger partial charge in [0, 0.05) is 16.9 Å². The quantitative estimate of drug-likeness (QED) is 0.890. The Hall–Kier alpha value is -1.36. The van der Waals surface area contributed by atoms with Crippen molar-refractivity contribution in [3.63, 3.8) is 0 Å². The predicted molar refractivity (Wildman–Crippen MR) is 77.1 cm³/mol. The second-order valence-electron chi connectivity index (χ2n) is 4.97. The standard InChI is InChI=1S/C14H19NO3S/c1-14(6-3-7-19-14)9-15-13(17)10-4-5-12(18-2)11(16)8-10/h4-5,8,16H,3,6-7,9H2,1-2H3,(H,15,17). The highest BCUT2D eigenvalue weighted by Crippen LogP contribution is 2.37. The summed E-state index contributed by atoms with van der Waals surface area (Å²) in [4.78, 5) is 12.0. The molecule has 2 N–H and O–H groups in total. The van der Waals surface area contributed by atoms with Crippen molar-refractivity contribution in [1.29, 1.82) is 0 Å². The molecule has 104 valence electrons. The fraction of sp³-hybridized carbons (Fsp3) is 0.500.